The second kappa shape index (κ2) is 13.3. The van der Waals surface area contributed by atoms with Crippen molar-refractivity contribution < 1.29 is 32.6 Å². The Morgan fingerprint density at radius 2 is 1.83 bits per heavy atom. The molecule has 1 saturated heterocycles. The Morgan fingerprint density at radius 3 is 2.48 bits per heavy atom. The number of thioether (sulfide) groups is 1. The zero-order valence-electron chi connectivity index (χ0n) is 22.6. The molecule has 4 rings (SSSR count). The van der Waals surface area contributed by atoms with E-state index in [0.717, 1.165) is 29.5 Å². The lowest BCUT2D eigenvalue weighted by molar-refractivity contribution is -0.137. The summed E-state index contributed by atoms with van der Waals surface area (Å²) in [7, 11) is 3.80. The van der Waals surface area contributed by atoms with Crippen LogP contribution < -0.4 is 4.74 Å². The van der Waals surface area contributed by atoms with Crippen LogP contribution >= 0.6 is 35.6 Å². The van der Waals surface area contributed by atoms with Crippen LogP contribution in [0.5, 0.6) is 5.75 Å². The van der Waals surface area contributed by atoms with Crippen molar-refractivity contribution in [3.8, 4) is 16.9 Å². The number of carbonyl (C=O) groups excluding carboxylic acids is 1. The van der Waals surface area contributed by atoms with Crippen molar-refractivity contribution >= 4 is 57.9 Å². The minimum Gasteiger partial charge on any atom is -0.492 e. The average molecular weight is 635 g/mol. The van der Waals surface area contributed by atoms with E-state index in [1.807, 2.05) is 19.0 Å². The number of likely N-dealkylation sites (N-methyl/N-ethyl adjacent to an activating group) is 1. The van der Waals surface area contributed by atoms with Crippen molar-refractivity contribution in [2.75, 3.05) is 33.8 Å². The van der Waals surface area contributed by atoms with Gasteiger partial charge >= 0.3 is 12.1 Å². The second-order valence-corrected chi connectivity index (χ2v) is 11.8. The molecule has 0 atom stereocenters. The Morgan fingerprint density at radius 1 is 1.12 bits per heavy atom. The average Bonchev–Trinajstić information content (AvgIpc) is 3.19. The number of alkyl halides is 3. The van der Waals surface area contributed by atoms with Crippen molar-refractivity contribution in [1.29, 1.82) is 0 Å². The van der Waals surface area contributed by atoms with Crippen LogP contribution in [0, 0.1) is 0 Å². The van der Waals surface area contributed by atoms with E-state index in [-0.39, 0.29) is 22.1 Å². The van der Waals surface area contributed by atoms with Gasteiger partial charge in [0.1, 0.15) is 16.7 Å². The van der Waals surface area contributed by atoms with E-state index in [0.29, 0.717) is 52.2 Å². The Balaban J connectivity index is 1.63. The number of hydrogen-bond acceptors (Lipinski definition) is 6. The first-order chi connectivity index (χ1) is 19.8. The van der Waals surface area contributed by atoms with Gasteiger partial charge in [0.25, 0.3) is 5.91 Å². The van der Waals surface area contributed by atoms with E-state index < -0.39 is 17.7 Å². The summed E-state index contributed by atoms with van der Waals surface area (Å²) in [4.78, 5) is 28.2. The SMILES string of the molecule is CN(C)CCOc1ccc(-c2cc(C(F)(F)F)ccc2Cl)cc1/C=C1\SC(=S)N(CCc2ccc(C(=O)O)cc2)C1=O. The molecule has 3 aromatic rings. The van der Waals surface area contributed by atoms with E-state index in [4.69, 9.17) is 33.7 Å². The maximum absolute atomic E-state index is 13.4. The Kier molecular flexibility index (Phi) is 9.98. The summed E-state index contributed by atoms with van der Waals surface area (Å²) in [6.45, 7) is 1.26. The van der Waals surface area contributed by atoms with Gasteiger partial charge in [-0.25, -0.2) is 4.79 Å². The van der Waals surface area contributed by atoms with Crippen LogP contribution in [0.25, 0.3) is 17.2 Å². The van der Waals surface area contributed by atoms with Gasteiger partial charge in [-0.3, -0.25) is 9.69 Å². The van der Waals surface area contributed by atoms with Gasteiger partial charge in [0, 0.05) is 29.2 Å². The highest BCUT2D eigenvalue weighted by atomic mass is 35.5. The third kappa shape index (κ3) is 7.71. The third-order valence-electron chi connectivity index (χ3n) is 6.40. The van der Waals surface area contributed by atoms with Gasteiger partial charge in [-0.2, -0.15) is 13.2 Å². The molecule has 0 aliphatic carbocycles. The van der Waals surface area contributed by atoms with Crippen LogP contribution in [0.1, 0.15) is 27.0 Å². The van der Waals surface area contributed by atoms with Gasteiger partial charge in [-0.15, -0.1) is 0 Å². The van der Waals surface area contributed by atoms with Crippen molar-refractivity contribution in [3.05, 3.63) is 92.8 Å². The number of halogens is 4. The third-order valence-corrected chi connectivity index (χ3v) is 8.10. The van der Waals surface area contributed by atoms with E-state index in [1.54, 1.807) is 36.4 Å². The number of carboxylic acids is 1. The van der Waals surface area contributed by atoms with E-state index in [2.05, 4.69) is 0 Å². The molecule has 220 valence electrons. The monoisotopic (exact) mass is 634 g/mol. The molecule has 12 heteroatoms. The Labute approximate surface area is 255 Å². The molecule has 1 heterocycles. The summed E-state index contributed by atoms with van der Waals surface area (Å²) >= 11 is 12.9. The maximum Gasteiger partial charge on any atom is 0.416 e. The van der Waals surface area contributed by atoms with E-state index >= 15 is 0 Å². The molecule has 1 aliphatic heterocycles. The predicted octanol–water partition coefficient (Wildman–Crippen LogP) is 7.11. The molecule has 0 aromatic heterocycles. The highest BCUT2D eigenvalue weighted by molar-refractivity contribution is 8.26. The predicted molar refractivity (Wildman–Crippen MR) is 163 cm³/mol. The number of nitrogens with zero attached hydrogens (tertiary/aromatic N) is 2. The number of benzene rings is 3. The summed E-state index contributed by atoms with van der Waals surface area (Å²) in [5, 5.41) is 9.24. The smallest absolute Gasteiger partial charge is 0.416 e. The topological polar surface area (TPSA) is 70.1 Å². The van der Waals surface area contributed by atoms with Gasteiger partial charge in [-0.1, -0.05) is 53.8 Å². The van der Waals surface area contributed by atoms with Gasteiger partial charge < -0.3 is 14.7 Å². The number of carboxylic acid groups (broad SMARTS) is 1. The highest BCUT2D eigenvalue weighted by Gasteiger charge is 2.33. The number of carbonyl (C=O) groups is 2. The molecule has 0 unspecified atom stereocenters. The first kappa shape index (κ1) is 31.6. The van der Waals surface area contributed by atoms with Crippen LogP contribution in [0.2, 0.25) is 5.02 Å². The number of aromatic carboxylic acids is 1. The Bertz CT molecular complexity index is 1540. The normalized spacial score (nSPS) is 14.7. The fourth-order valence-electron chi connectivity index (χ4n) is 4.11. The van der Waals surface area contributed by atoms with Crippen molar-refractivity contribution in [1.82, 2.24) is 9.80 Å². The molecular formula is C30H26ClF3N2O4S2. The molecule has 1 fully saturated rings. The lowest BCUT2D eigenvalue weighted by Crippen LogP contribution is -2.30. The first-order valence-corrected chi connectivity index (χ1v) is 14.3. The minimum absolute atomic E-state index is 0.151. The zero-order valence-corrected chi connectivity index (χ0v) is 25.0. The van der Waals surface area contributed by atoms with Gasteiger partial charge in [0.2, 0.25) is 0 Å². The van der Waals surface area contributed by atoms with Crippen molar-refractivity contribution in [2.24, 2.45) is 0 Å². The second-order valence-electron chi connectivity index (χ2n) is 9.68. The molecule has 6 nitrogen and oxygen atoms in total. The van der Waals surface area contributed by atoms with Crippen LogP contribution in [-0.4, -0.2) is 64.9 Å². The largest absolute Gasteiger partial charge is 0.492 e. The standard InChI is InChI=1S/C30H26ClF3N2O4S2/c1-35(2)13-14-40-25-10-7-20(23-17-22(30(32,33)34)8-9-24(23)31)15-21(25)16-26-27(37)36(29(41)42-26)12-11-18-3-5-19(6-4-18)28(38)39/h3-10,15-17H,11-14H2,1-2H3,(H,38,39)/b26-16-. The lowest BCUT2D eigenvalue weighted by atomic mass is 9.99. The molecule has 3 aromatic carbocycles. The summed E-state index contributed by atoms with van der Waals surface area (Å²) < 4.78 is 46.6. The van der Waals surface area contributed by atoms with Crippen LogP contribution in [0.15, 0.2) is 65.6 Å². The molecule has 0 radical (unpaired) electrons. The van der Waals surface area contributed by atoms with E-state index in [9.17, 15) is 22.8 Å². The molecule has 0 bridgehead atoms. The molecule has 42 heavy (non-hydrogen) atoms. The van der Waals surface area contributed by atoms with Gasteiger partial charge in [-0.05, 0) is 80.2 Å². The fourth-order valence-corrected chi connectivity index (χ4v) is 5.64. The number of rotatable bonds is 10. The molecular weight excluding hydrogens is 609 g/mol. The van der Waals surface area contributed by atoms with E-state index in [1.165, 1.54) is 23.1 Å². The molecule has 1 N–H and O–H groups in total. The quantitative estimate of drug-likeness (QED) is 0.188. The van der Waals surface area contributed by atoms with Crippen LogP contribution in [0.3, 0.4) is 0 Å². The number of hydrogen-bond donors (Lipinski definition) is 1. The lowest BCUT2D eigenvalue weighted by Gasteiger charge is -2.16. The van der Waals surface area contributed by atoms with Gasteiger partial charge in [0.05, 0.1) is 16.0 Å². The summed E-state index contributed by atoms with van der Waals surface area (Å²) in [5.41, 5.74) is 1.31. The number of thiocarbonyl (C=S) groups is 1. The van der Waals surface area contributed by atoms with Crippen molar-refractivity contribution in [2.45, 2.75) is 12.6 Å². The summed E-state index contributed by atoms with van der Waals surface area (Å²) in [6, 6.07) is 14.4. The molecule has 1 amide bonds. The van der Waals surface area contributed by atoms with Crippen LogP contribution in [-0.2, 0) is 17.4 Å². The summed E-state index contributed by atoms with van der Waals surface area (Å²) in [5.74, 6) is -0.880. The number of ether oxygens (including phenoxy) is 1. The first-order valence-electron chi connectivity index (χ1n) is 12.7. The Hall–Kier alpha value is -3.38. The van der Waals surface area contributed by atoms with Crippen molar-refractivity contribution in [3.63, 3.8) is 0 Å². The zero-order chi connectivity index (χ0) is 30.6. The van der Waals surface area contributed by atoms with Crippen LogP contribution in [0.4, 0.5) is 13.2 Å². The maximum atomic E-state index is 13.4. The number of amides is 1. The fraction of sp³-hybridized carbons (Fsp3) is 0.233. The van der Waals surface area contributed by atoms with Gasteiger partial charge in [0.15, 0.2) is 0 Å². The highest BCUT2D eigenvalue weighted by Crippen LogP contribution is 2.39. The minimum atomic E-state index is -4.54. The molecule has 0 spiro atoms. The summed E-state index contributed by atoms with van der Waals surface area (Å²) in [6.07, 6.45) is -2.46. The molecule has 1 aliphatic rings. The molecule has 0 saturated carbocycles.